The first-order valence-corrected chi connectivity index (χ1v) is 9.37. The normalized spacial score (nSPS) is 12.4. The number of amides is 1. The molecule has 0 saturated heterocycles. The highest BCUT2D eigenvalue weighted by Gasteiger charge is 2.50. The summed E-state index contributed by atoms with van der Waals surface area (Å²) in [7, 11) is 0. The van der Waals surface area contributed by atoms with Gasteiger partial charge in [-0.25, -0.2) is 4.79 Å². The third-order valence-corrected chi connectivity index (χ3v) is 4.67. The molecule has 3 aromatic carbocycles. The molecule has 0 aliphatic heterocycles. The second-order valence-electron chi connectivity index (χ2n) is 6.52. The topological polar surface area (TPSA) is 89.7 Å². The molecule has 0 spiro atoms. The van der Waals surface area contributed by atoms with Gasteiger partial charge in [-0.05, 0) is 23.3 Å². The van der Waals surface area contributed by atoms with Gasteiger partial charge in [0.05, 0.1) is 6.54 Å². The number of anilines is 1. The molecule has 1 amide bonds. The summed E-state index contributed by atoms with van der Waals surface area (Å²) in [5.41, 5.74) is 4.92. The molecule has 0 bridgehead atoms. The third kappa shape index (κ3) is 4.14. The van der Waals surface area contributed by atoms with Crippen molar-refractivity contribution in [2.75, 3.05) is 11.4 Å². The number of rotatable bonds is 8. The van der Waals surface area contributed by atoms with E-state index < -0.39 is 24.0 Å². The molecule has 2 N–H and O–H groups in total. The van der Waals surface area contributed by atoms with Gasteiger partial charge in [-0.1, -0.05) is 78.9 Å². The van der Waals surface area contributed by atoms with Gasteiger partial charge in [0.1, 0.15) is 6.61 Å². The average Bonchev–Trinajstić information content (AvgIpc) is 2.82. The molecular formula is C24H21N2O4. The number of carbonyl (C=O) groups excluding carboxylic acids is 3. The van der Waals surface area contributed by atoms with Crippen LogP contribution in [0.25, 0.3) is 0 Å². The summed E-state index contributed by atoms with van der Waals surface area (Å²) in [5.74, 6) is -0.677. The van der Waals surface area contributed by atoms with E-state index in [0.29, 0.717) is 5.69 Å². The number of nitrogens with two attached hydrogens (primary N) is 1. The van der Waals surface area contributed by atoms with Crippen LogP contribution in [0.15, 0.2) is 91.0 Å². The molecule has 0 fully saturated rings. The predicted molar refractivity (Wildman–Crippen MR) is 113 cm³/mol. The molecule has 6 nitrogen and oxygen atoms in total. The van der Waals surface area contributed by atoms with Crippen molar-refractivity contribution in [2.24, 2.45) is 5.73 Å². The van der Waals surface area contributed by atoms with Crippen LogP contribution in [-0.4, -0.2) is 24.7 Å². The fraction of sp³-hybridized carbons (Fsp3) is 0.125. The van der Waals surface area contributed by atoms with Crippen molar-refractivity contribution in [3.63, 3.8) is 0 Å². The minimum Gasteiger partial charge on any atom is -0.444 e. The van der Waals surface area contributed by atoms with Crippen LogP contribution < -0.4 is 10.6 Å². The number of ketones is 1. The maximum absolute atomic E-state index is 13.2. The SMILES string of the molecule is NCC(=O)[C@]([C]=O)(c1ccccc1)N(C(=O)OCc1ccccc1)c1ccccc1. The Morgan fingerprint density at radius 2 is 1.40 bits per heavy atom. The molecule has 0 aromatic heterocycles. The van der Waals surface area contributed by atoms with Gasteiger partial charge in [0, 0.05) is 5.69 Å². The van der Waals surface area contributed by atoms with Crippen molar-refractivity contribution in [1.82, 2.24) is 0 Å². The van der Waals surface area contributed by atoms with Gasteiger partial charge in [0.25, 0.3) is 0 Å². The van der Waals surface area contributed by atoms with Gasteiger partial charge < -0.3 is 10.5 Å². The fourth-order valence-corrected chi connectivity index (χ4v) is 3.20. The largest absolute Gasteiger partial charge is 0.444 e. The lowest BCUT2D eigenvalue weighted by Crippen LogP contribution is -2.58. The summed E-state index contributed by atoms with van der Waals surface area (Å²) in [6.45, 7) is -0.483. The Morgan fingerprint density at radius 3 is 1.93 bits per heavy atom. The van der Waals surface area contributed by atoms with E-state index in [1.807, 2.05) is 30.3 Å². The smallest absolute Gasteiger partial charge is 0.416 e. The molecule has 1 radical (unpaired) electrons. The number of hydrogen-bond donors (Lipinski definition) is 1. The van der Waals surface area contributed by atoms with Crippen LogP contribution in [-0.2, 0) is 26.5 Å². The van der Waals surface area contributed by atoms with Crippen LogP contribution in [0.5, 0.6) is 0 Å². The summed E-state index contributed by atoms with van der Waals surface area (Å²) in [5, 5.41) is 0. The van der Waals surface area contributed by atoms with Gasteiger partial charge in [-0.3, -0.25) is 14.5 Å². The molecule has 3 aromatic rings. The van der Waals surface area contributed by atoms with Crippen LogP contribution in [0.4, 0.5) is 10.5 Å². The summed E-state index contributed by atoms with van der Waals surface area (Å²) in [6, 6.07) is 25.7. The Kier molecular flexibility index (Phi) is 6.72. The highest BCUT2D eigenvalue weighted by molar-refractivity contribution is 6.13. The average molecular weight is 401 g/mol. The van der Waals surface area contributed by atoms with Gasteiger partial charge in [0.15, 0.2) is 5.78 Å². The Balaban J connectivity index is 2.10. The van der Waals surface area contributed by atoms with E-state index in [4.69, 9.17) is 10.5 Å². The Hall–Kier alpha value is -3.77. The molecule has 1 atom stereocenters. The highest BCUT2D eigenvalue weighted by Crippen LogP contribution is 2.33. The van der Waals surface area contributed by atoms with E-state index >= 15 is 0 Å². The van der Waals surface area contributed by atoms with Crippen LogP contribution in [0.1, 0.15) is 11.1 Å². The van der Waals surface area contributed by atoms with Crippen LogP contribution in [0.3, 0.4) is 0 Å². The first kappa shape index (κ1) is 21.0. The van der Waals surface area contributed by atoms with Crippen LogP contribution in [0.2, 0.25) is 0 Å². The number of carbonyl (C=O) groups is 2. The number of para-hydroxylation sites is 1. The lowest BCUT2D eigenvalue weighted by Gasteiger charge is -2.37. The summed E-state index contributed by atoms with van der Waals surface area (Å²) in [4.78, 5) is 39.7. The summed E-state index contributed by atoms with van der Waals surface area (Å²) < 4.78 is 5.48. The summed E-state index contributed by atoms with van der Waals surface area (Å²) >= 11 is 0. The van der Waals surface area contributed by atoms with Crippen molar-refractivity contribution in [3.8, 4) is 0 Å². The van der Waals surface area contributed by atoms with Gasteiger partial charge >= 0.3 is 6.09 Å². The predicted octanol–water partition coefficient (Wildman–Crippen LogP) is 3.36. The molecule has 30 heavy (non-hydrogen) atoms. The van der Waals surface area contributed by atoms with Crippen molar-refractivity contribution in [3.05, 3.63) is 102 Å². The molecule has 0 saturated carbocycles. The molecule has 0 unspecified atom stereocenters. The molecule has 0 aliphatic rings. The van der Waals surface area contributed by atoms with Gasteiger partial charge in [-0.2, -0.15) is 0 Å². The van der Waals surface area contributed by atoms with E-state index in [-0.39, 0.29) is 12.2 Å². The Bertz CT molecular complexity index is 993. The monoisotopic (exact) mass is 401 g/mol. The number of Topliss-reactive ketones (excluding diaryl/α,β-unsaturated/α-hetero) is 1. The summed E-state index contributed by atoms with van der Waals surface area (Å²) in [6.07, 6.45) is 0.944. The van der Waals surface area contributed by atoms with Crippen molar-refractivity contribution >= 4 is 23.9 Å². The zero-order chi connectivity index (χ0) is 21.4. The second-order valence-corrected chi connectivity index (χ2v) is 6.52. The zero-order valence-electron chi connectivity index (χ0n) is 16.2. The standard InChI is InChI=1S/C24H21N2O4/c25-16-22(28)24(18-27,20-12-6-2-7-13-20)26(21-14-8-3-9-15-21)23(29)30-17-19-10-4-1-5-11-19/h1-15H,16-17,25H2/t24-/m0/s1. The molecule has 0 heterocycles. The van der Waals surface area contributed by atoms with E-state index in [2.05, 4.69) is 0 Å². The Morgan fingerprint density at radius 1 is 0.867 bits per heavy atom. The molecule has 6 heteroatoms. The molecule has 0 aliphatic carbocycles. The van der Waals surface area contributed by atoms with Crippen molar-refractivity contribution in [1.29, 1.82) is 0 Å². The minimum absolute atomic E-state index is 0.0243. The molecule has 151 valence electrons. The zero-order valence-corrected chi connectivity index (χ0v) is 16.2. The maximum Gasteiger partial charge on any atom is 0.416 e. The number of ether oxygens (including phenoxy) is 1. The first-order chi connectivity index (χ1) is 14.6. The van der Waals surface area contributed by atoms with Gasteiger partial charge in [0.2, 0.25) is 11.8 Å². The Labute approximate surface area is 174 Å². The van der Waals surface area contributed by atoms with Gasteiger partial charge in [-0.15, -0.1) is 0 Å². The van der Waals surface area contributed by atoms with E-state index in [1.165, 1.54) is 0 Å². The van der Waals surface area contributed by atoms with Crippen molar-refractivity contribution in [2.45, 2.75) is 12.1 Å². The van der Waals surface area contributed by atoms with Crippen LogP contribution >= 0.6 is 0 Å². The fourth-order valence-electron chi connectivity index (χ4n) is 3.20. The highest BCUT2D eigenvalue weighted by atomic mass is 16.6. The third-order valence-electron chi connectivity index (χ3n) is 4.67. The maximum atomic E-state index is 13.2. The number of benzene rings is 3. The number of nitrogens with zero attached hydrogens (tertiary/aromatic N) is 1. The quantitative estimate of drug-likeness (QED) is 0.585. The first-order valence-electron chi connectivity index (χ1n) is 9.37. The van der Waals surface area contributed by atoms with Crippen molar-refractivity contribution < 1.29 is 19.1 Å². The molecule has 3 rings (SSSR count). The van der Waals surface area contributed by atoms with E-state index in [1.54, 1.807) is 66.9 Å². The lowest BCUT2D eigenvalue weighted by atomic mass is 9.84. The number of hydrogen-bond acceptors (Lipinski definition) is 5. The second kappa shape index (κ2) is 9.62. The van der Waals surface area contributed by atoms with E-state index in [0.717, 1.165) is 10.5 Å². The van der Waals surface area contributed by atoms with E-state index in [9.17, 15) is 14.4 Å². The lowest BCUT2D eigenvalue weighted by molar-refractivity contribution is -0.121. The minimum atomic E-state index is -2.08. The molecular weight excluding hydrogens is 380 g/mol. The van der Waals surface area contributed by atoms with Crippen LogP contribution in [0, 0.1) is 0 Å².